The van der Waals surface area contributed by atoms with Gasteiger partial charge in [-0.2, -0.15) is 0 Å². The maximum atomic E-state index is 10.4. The highest BCUT2D eigenvalue weighted by atomic mass is 16.3. The summed E-state index contributed by atoms with van der Waals surface area (Å²) in [4.78, 5) is 0. The van der Waals surface area contributed by atoms with E-state index in [1.807, 2.05) is 37.3 Å². The minimum atomic E-state index is -0.738. The smallest absolute Gasteiger partial charge is 0.102 e. The number of aliphatic hydroxyl groups is 1. The molecule has 1 aromatic carbocycles. The van der Waals surface area contributed by atoms with E-state index in [9.17, 15) is 5.11 Å². The lowest BCUT2D eigenvalue weighted by Gasteiger charge is -2.30. The van der Waals surface area contributed by atoms with Gasteiger partial charge in [-0.25, -0.2) is 0 Å². The minimum Gasteiger partial charge on any atom is -0.384 e. The Morgan fingerprint density at radius 2 is 2.07 bits per heavy atom. The Kier molecular flexibility index (Phi) is 2.57. The monoisotopic (exact) mass is 191 g/mol. The van der Waals surface area contributed by atoms with Crippen LogP contribution in [0.2, 0.25) is 0 Å². The lowest BCUT2D eigenvalue weighted by molar-refractivity contribution is 0.0218. The molecule has 0 aromatic heterocycles. The van der Waals surface area contributed by atoms with Gasteiger partial charge in [-0.1, -0.05) is 30.3 Å². The predicted octanol–water partition coefficient (Wildman–Crippen LogP) is 1.65. The summed E-state index contributed by atoms with van der Waals surface area (Å²) in [5, 5.41) is 13.8. The zero-order valence-electron chi connectivity index (χ0n) is 8.53. The van der Waals surface area contributed by atoms with E-state index in [4.69, 9.17) is 0 Å². The fraction of sp³-hybridized carbons (Fsp3) is 0.500. The summed E-state index contributed by atoms with van der Waals surface area (Å²) in [6.07, 6.45) is 2.22. The van der Waals surface area contributed by atoms with Crippen LogP contribution in [0.25, 0.3) is 0 Å². The Morgan fingerprint density at radius 1 is 1.36 bits per heavy atom. The van der Waals surface area contributed by atoms with Crippen LogP contribution in [0.15, 0.2) is 30.3 Å². The van der Waals surface area contributed by atoms with Gasteiger partial charge in [0.1, 0.15) is 5.60 Å². The molecule has 0 radical (unpaired) electrons. The van der Waals surface area contributed by atoms with E-state index in [-0.39, 0.29) is 6.04 Å². The van der Waals surface area contributed by atoms with Gasteiger partial charge in [0.2, 0.25) is 0 Å². The van der Waals surface area contributed by atoms with E-state index in [2.05, 4.69) is 5.32 Å². The molecule has 2 atom stereocenters. The highest BCUT2D eigenvalue weighted by Gasteiger charge is 2.34. The van der Waals surface area contributed by atoms with Crippen molar-refractivity contribution in [2.75, 3.05) is 6.54 Å². The lowest BCUT2D eigenvalue weighted by Crippen LogP contribution is -2.42. The van der Waals surface area contributed by atoms with E-state index in [1.54, 1.807) is 0 Å². The van der Waals surface area contributed by atoms with Crippen LogP contribution >= 0.6 is 0 Å². The first kappa shape index (κ1) is 9.69. The Labute approximate surface area is 85.0 Å². The van der Waals surface area contributed by atoms with Crippen molar-refractivity contribution >= 4 is 0 Å². The van der Waals surface area contributed by atoms with Crippen molar-refractivity contribution in [3.63, 3.8) is 0 Å². The molecule has 1 heterocycles. The molecule has 1 aromatic rings. The molecule has 1 aliphatic heterocycles. The van der Waals surface area contributed by atoms with Crippen molar-refractivity contribution in [1.29, 1.82) is 0 Å². The molecule has 2 N–H and O–H groups in total. The molecule has 0 saturated carbocycles. The summed E-state index contributed by atoms with van der Waals surface area (Å²) < 4.78 is 0. The highest BCUT2D eigenvalue weighted by Crippen LogP contribution is 2.28. The normalized spacial score (nSPS) is 26.0. The van der Waals surface area contributed by atoms with Crippen molar-refractivity contribution in [1.82, 2.24) is 5.32 Å². The van der Waals surface area contributed by atoms with E-state index in [0.29, 0.717) is 0 Å². The van der Waals surface area contributed by atoms with Crippen LogP contribution < -0.4 is 5.32 Å². The van der Waals surface area contributed by atoms with Crippen LogP contribution in [0.4, 0.5) is 0 Å². The van der Waals surface area contributed by atoms with Gasteiger partial charge < -0.3 is 10.4 Å². The molecule has 76 valence electrons. The molecule has 14 heavy (non-hydrogen) atoms. The molecular formula is C12H17NO. The number of hydrogen-bond donors (Lipinski definition) is 2. The molecule has 2 nitrogen and oxygen atoms in total. The van der Waals surface area contributed by atoms with Crippen molar-refractivity contribution in [2.24, 2.45) is 0 Å². The summed E-state index contributed by atoms with van der Waals surface area (Å²) >= 11 is 0. The van der Waals surface area contributed by atoms with Crippen molar-refractivity contribution in [2.45, 2.75) is 31.4 Å². The van der Waals surface area contributed by atoms with Gasteiger partial charge in [-0.3, -0.25) is 0 Å². The zero-order valence-corrected chi connectivity index (χ0v) is 8.53. The van der Waals surface area contributed by atoms with Crippen molar-refractivity contribution < 1.29 is 5.11 Å². The topological polar surface area (TPSA) is 32.3 Å². The predicted molar refractivity (Wildman–Crippen MR) is 57.0 cm³/mol. The third kappa shape index (κ3) is 1.68. The summed E-state index contributed by atoms with van der Waals surface area (Å²) in [6.45, 7) is 2.92. The lowest BCUT2D eigenvalue weighted by atomic mass is 9.87. The molecule has 1 saturated heterocycles. The van der Waals surface area contributed by atoms with Crippen LogP contribution in [0.1, 0.15) is 25.3 Å². The third-order valence-electron chi connectivity index (χ3n) is 3.10. The maximum Gasteiger partial charge on any atom is 0.102 e. The molecule has 2 rings (SSSR count). The Bertz CT molecular complexity index is 288. The van der Waals surface area contributed by atoms with Crippen molar-refractivity contribution in [3.05, 3.63) is 35.9 Å². The molecule has 0 bridgehead atoms. The zero-order chi connectivity index (χ0) is 10.0. The molecule has 1 aliphatic rings. The third-order valence-corrected chi connectivity index (χ3v) is 3.10. The standard InChI is InChI=1S/C12H17NO/c1-12(14,11-8-5-9-13-11)10-6-3-2-4-7-10/h2-4,6-7,11,13-14H,5,8-9H2,1H3/t11-,12+/m1/s1. The van der Waals surface area contributed by atoms with Gasteiger partial charge in [0.15, 0.2) is 0 Å². The number of hydrogen-bond acceptors (Lipinski definition) is 2. The number of rotatable bonds is 2. The van der Waals surface area contributed by atoms with Crippen LogP contribution in [-0.4, -0.2) is 17.7 Å². The van der Waals surface area contributed by atoms with Crippen LogP contribution in [0.5, 0.6) is 0 Å². The van der Waals surface area contributed by atoms with Gasteiger partial charge in [0, 0.05) is 6.04 Å². The van der Waals surface area contributed by atoms with Gasteiger partial charge in [0.25, 0.3) is 0 Å². The first-order valence-electron chi connectivity index (χ1n) is 5.22. The molecule has 2 heteroatoms. The fourth-order valence-electron chi connectivity index (χ4n) is 2.14. The molecule has 0 aliphatic carbocycles. The summed E-state index contributed by atoms with van der Waals surface area (Å²) in [6, 6.07) is 10.1. The molecular weight excluding hydrogens is 174 g/mol. The number of benzene rings is 1. The SMILES string of the molecule is C[C@](O)(c1ccccc1)[C@H]1CCCN1. The van der Waals surface area contributed by atoms with E-state index < -0.39 is 5.60 Å². The summed E-state index contributed by atoms with van der Waals surface area (Å²) in [5.74, 6) is 0. The molecule has 1 fully saturated rings. The largest absolute Gasteiger partial charge is 0.384 e. The molecule has 0 amide bonds. The molecule has 0 unspecified atom stereocenters. The van der Waals surface area contributed by atoms with E-state index in [0.717, 1.165) is 24.9 Å². The van der Waals surface area contributed by atoms with Crippen LogP contribution in [-0.2, 0) is 5.60 Å². The van der Waals surface area contributed by atoms with Crippen LogP contribution in [0.3, 0.4) is 0 Å². The van der Waals surface area contributed by atoms with Crippen LogP contribution in [0, 0.1) is 0 Å². The molecule has 0 spiro atoms. The fourth-order valence-corrected chi connectivity index (χ4v) is 2.14. The Morgan fingerprint density at radius 3 is 2.64 bits per heavy atom. The van der Waals surface area contributed by atoms with Crippen molar-refractivity contribution in [3.8, 4) is 0 Å². The first-order valence-corrected chi connectivity index (χ1v) is 5.22. The quantitative estimate of drug-likeness (QED) is 0.745. The van der Waals surface area contributed by atoms with Gasteiger partial charge >= 0.3 is 0 Å². The second-order valence-corrected chi connectivity index (χ2v) is 4.16. The second-order valence-electron chi connectivity index (χ2n) is 4.16. The maximum absolute atomic E-state index is 10.4. The number of nitrogens with one attached hydrogen (secondary N) is 1. The summed E-state index contributed by atoms with van der Waals surface area (Å²) in [7, 11) is 0. The Hall–Kier alpha value is -0.860. The second kappa shape index (κ2) is 3.71. The van der Waals surface area contributed by atoms with Gasteiger partial charge in [-0.05, 0) is 31.9 Å². The average molecular weight is 191 g/mol. The highest BCUT2D eigenvalue weighted by molar-refractivity contribution is 5.23. The first-order chi connectivity index (χ1) is 6.71. The minimum absolute atomic E-state index is 0.199. The average Bonchev–Trinajstić information content (AvgIpc) is 2.72. The van der Waals surface area contributed by atoms with E-state index in [1.165, 1.54) is 0 Å². The van der Waals surface area contributed by atoms with Gasteiger partial charge in [-0.15, -0.1) is 0 Å². The van der Waals surface area contributed by atoms with E-state index >= 15 is 0 Å². The Balaban J connectivity index is 2.22. The van der Waals surface area contributed by atoms with Gasteiger partial charge in [0.05, 0.1) is 0 Å². The summed E-state index contributed by atoms with van der Waals surface area (Å²) in [5.41, 5.74) is 0.261.